The van der Waals surface area contributed by atoms with Crippen LogP contribution in [0.2, 0.25) is 0 Å². The lowest BCUT2D eigenvalue weighted by molar-refractivity contribution is 0.277. The molecule has 1 aromatic carbocycles. The molecule has 0 spiro atoms. The molecule has 0 unspecified atom stereocenters. The number of hydrogen-bond acceptors (Lipinski definition) is 4. The van der Waals surface area contributed by atoms with Crippen LogP contribution in [0.3, 0.4) is 0 Å². The molecule has 0 saturated heterocycles. The fourth-order valence-corrected chi connectivity index (χ4v) is 4.74. The maximum Gasteiger partial charge on any atom is 0.188 e. The molecule has 0 atom stereocenters. The highest BCUT2D eigenvalue weighted by Gasteiger charge is 2.31. The van der Waals surface area contributed by atoms with E-state index >= 15 is 0 Å². The number of benzene rings is 1. The van der Waals surface area contributed by atoms with Crippen molar-refractivity contribution in [3.8, 4) is 0 Å². The third kappa shape index (κ3) is 4.32. The molecule has 0 aliphatic carbocycles. The minimum Gasteiger partial charge on any atom is -0.478 e. The summed E-state index contributed by atoms with van der Waals surface area (Å²) in [5.41, 5.74) is -0.202. The predicted molar refractivity (Wildman–Crippen MR) is 97.7 cm³/mol. The van der Waals surface area contributed by atoms with Crippen LogP contribution in [-0.2, 0) is 9.47 Å². The first-order valence-corrected chi connectivity index (χ1v) is 9.77. The van der Waals surface area contributed by atoms with Gasteiger partial charge in [0.25, 0.3) is 0 Å². The van der Waals surface area contributed by atoms with Crippen LogP contribution in [0.5, 0.6) is 0 Å². The maximum absolute atomic E-state index is 5.81. The molecule has 0 N–H and O–H groups in total. The Morgan fingerprint density at radius 2 is 1.35 bits per heavy atom. The Balaban J connectivity index is 1.78. The molecule has 0 amide bonds. The van der Waals surface area contributed by atoms with Crippen LogP contribution in [0, 0.1) is 0 Å². The Morgan fingerprint density at radius 3 is 1.74 bits per heavy atom. The number of hydrogen-bond donors (Lipinski definition) is 0. The van der Waals surface area contributed by atoms with Crippen LogP contribution < -0.4 is 5.30 Å². The van der Waals surface area contributed by atoms with Crippen molar-refractivity contribution < 1.29 is 9.47 Å². The Kier molecular flexibility index (Phi) is 4.46. The topological polar surface area (TPSA) is 43.2 Å². The Labute approximate surface area is 139 Å². The first kappa shape index (κ1) is 16.4. The molecular weight excluding hydrogens is 307 g/mol. The smallest absolute Gasteiger partial charge is 0.188 e. The summed E-state index contributed by atoms with van der Waals surface area (Å²) in [7, 11) is -0.472. The van der Waals surface area contributed by atoms with Crippen LogP contribution in [-0.4, -0.2) is 48.4 Å². The van der Waals surface area contributed by atoms with Crippen molar-refractivity contribution in [2.45, 2.75) is 38.8 Å². The van der Waals surface area contributed by atoms with Gasteiger partial charge in [0.2, 0.25) is 0 Å². The average Bonchev–Trinajstić information content (AvgIpc) is 3.01. The summed E-state index contributed by atoms with van der Waals surface area (Å²) in [4.78, 5) is 9.44. The third-order valence-corrected chi connectivity index (χ3v) is 6.15. The van der Waals surface area contributed by atoms with Crippen molar-refractivity contribution in [1.82, 2.24) is 0 Å². The lowest BCUT2D eigenvalue weighted by Crippen LogP contribution is -2.17. The van der Waals surface area contributed by atoms with Crippen LogP contribution in [0.25, 0.3) is 0 Å². The molecule has 1 aromatic rings. The van der Waals surface area contributed by atoms with Gasteiger partial charge in [-0.15, -0.1) is 0 Å². The van der Waals surface area contributed by atoms with Crippen molar-refractivity contribution in [1.29, 1.82) is 0 Å². The second kappa shape index (κ2) is 6.24. The minimum absolute atomic E-state index is 0.101. The molecule has 0 fully saturated rings. The molecule has 23 heavy (non-hydrogen) atoms. The molecular formula is C18H25N2O2P. The lowest BCUT2D eigenvalue weighted by Gasteiger charge is -2.17. The number of aliphatic imine (C=N–C) groups is 2. The van der Waals surface area contributed by atoms with Crippen LogP contribution >= 0.6 is 7.92 Å². The molecule has 4 nitrogen and oxygen atoms in total. The maximum atomic E-state index is 5.81. The van der Waals surface area contributed by atoms with E-state index in [-0.39, 0.29) is 11.1 Å². The van der Waals surface area contributed by atoms with E-state index in [0.29, 0.717) is 13.2 Å². The van der Waals surface area contributed by atoms with E-state index in [1.54, 1.807) is 0 Å². The molecule has 124 valence electrons. The first-order chi connectivity index (χ1) is 10.8. The summed E-state index contributed by atoms with van der Waals surface area (Å²) >= 11 is 0. The Hall–Kier alpha value is -1.41. The van der Waals surface area contributed by atoms with Gasteiger partial charge in [0.1, 0.15) is 13.2 Å². The van der Waals surface area contributed by atoms with Crippen molar-refractivity contribution in [2.24, 2.45) is 9.98 Å². The fourth-order valence-electron chi connectivity index (χ4n) is 2.69. The molecule has 2 heterocycles. The standard InChI is InChI=1S/C18H25N2O2P/c1-17(2)12-21-15(19-17)10-23(14-8-6-5-7-9-14)11-16-20-18(3,4)13-22-16/h5-9H,10-13H2,1-4H3. The van der Waals surface area contributed by atoms with Gasteiger partial charge in [0.05, 0.1) is 11.1 Å². The average molecular weight is 332 g/mol. The molecule has 0 aromatic heterocycles. The highest BCUT2D eigenvalue weighted by molar-refractivity contribution is 7.67. The fraction of sp³-hybridized carbons (Fsp3) is 0.556. The van der Waals surface area contributed by atoms with Gasteiger partial charge >= 0.3 is 0 Å². The van der Waals surface area contributed by atoms with Crippen molar-refractivity contribution in [3.63, 3.8) is 0 Å². The summed E-state index contributed by atoms with van der Waals surface area (Å²) in [6.45, 7) is 9.78. The van der Waals surface area contributed by atoms with Gasteiger partial charge in [0, 0.05) is 12.3 Å². The Morgan fingerprint density at radius 1 is 0.870 bits per heavy atom. The van der Waals surface area contributed by atoms with E-state index in [0.717, 1.165) is 24.1 Å². The monoisotopic (exact) mass is 332 g/mol. The zero-order chi connectivity index (χ0) is 16.5. The van der Waals surface area contributed by atoms with E-state index in [1.165, 1.54) is 5.30 Å². The van der Waals surface area contributed by atoms with Gasteiger partial charge in [-0.05, 0) is 33.0 Å². The highest BCUT2D eigenvalue weighted by Crippen LogP contribution is 2.37. The second-order valence-electron chi connectivity index (χ2n) is 7.40. The minimum atomic E-state index is -0.472. The number of ether oxygens (including phenoxy) is 2. The molecule has 5 heteroatoms. The normalized spacial score (nSPS) is 21.6. The van der Waals surface area contributed by atoms with Crippen LogP contribution in [0.15, 0.2) is 40.3 Å². The predicted octanol–water partition coefficient (Wildman–Crippen LogP) is 3.21. The van der Waals surface area contributed by atoms with Gasteiger partial charge in [-0.25, -0.2) is 9.98 Å². The largest absolute Gasteiger partial charge is 0.478 e. The highest BCUT2D eigenvalue weighted by atomic mass is 31.1. The van der Waals surface area contributed by atoms with E-state index in [4.69, 9.17) is 19.5 Å². The molecule has 0 radical (unpaired) electrons. The number of nitrogens with zero attached hydrogens (tertiary/aromatic N) is 2. The zero-order valence-corrected chi connectivity index (χ0v) is 15.3. The van der Waals surface area contributed by atoms with Crippen molar-refractivity contribution in [3.05, 3.63) is 30.3 Å². The quantitative estimate of drug-likeness (QED) is 0.777. The molecule has 2 aliphatic heterocycles. The van der Waals surface area contributed by atoms with Gasteiger partial charge in [-0.2, -0.15) is 0 Å². The van der Waals surface area contributed by atoms with E-state index < -0.39 is 7.92 Å². The third-order valence-electron chi connectivity index (χ3n) is 3.81. The van der Waals surface area contributed by atoms with Gasteiger partial charge in [-0.3, -0.25) is 0 Å². The lowest BCUT2D eigenvalue weighted by atomic mass is 10.1. The van der Waals surface area contributed by atoms with Crippen molar-refractivity contribution >= 4 is 25.0 Å². The van der Waals surface area contributed by atoms with Gasteiger partial charge < -0.3 is 9.47 Å². The van der Waals surface area contributed by atoms with Gasteiger partial charge in [-0.1, -0.05) is 38.3 Å². The first-order valence-electron chi connectivity index (χ1n) is 8.06. The summed E-state index contributed by atoms with van der Waals surface area (Å²) in [5.74, 6) is 1.76. The zero-order valence-electron chi connectivity index (χ0n) is 14.4. The molecule has 0 bridgehead atoms. The van der Waals surface area contributed by atoms with Crippen LogP contribution in [0.4, 0.5) is 0 Å². The van der Waals surface area contributed by atoms with E-state index in [2.05, 4.69) is 58.0 Å². The Bertz CT molecular complexity index is 587. The summed E-state index contributed by atoms with van der Waals surface area (Å²) in [5, 5.41) is 1.34. The number of rotatable bonds is 5. The van der Waals surface area contributed by atoms with Gasteiger partial charge in [0.15, 0.2) is 11.8 Å². The van der Waals surface area contributed by atoms with Crippen molar-refractivity contribution in [2.75, 3.05) is 25.5 Å². The molecule has 3 rings (SSSR count). The summed E-state index contributed by atoms with van der Waals surface area (Å²) in [6, 6.07) is 10.6. The van der Waals surface area contributed by atoms with E-state index in [1.807, 2.05) is 0 Å². The van der Waals surface area contributed by atoms with Crippen LogP contribution in [0.1, 0.15) is 27.7 Å². The molecule has 0 saturated carbocycles. The molecule has 2 aliphatic rings. The SMILES string of the molecule is CC1(C)COC(CP(CC2=NC(C)(C)CO2)c2ccccc2)=N1. The second-order valence-corrected chi connectivity index (χ2v) is 9.63. The summed E-state index contributed by atoms with van der Waals surface area (Å²) in [6.07, 6.45) is 1.71. The van der Waals surface area contributed by atoms with E-state index in [9.17, 15) is 0 Å². The summed E-state index contributed by atoms with van der Waals surface area (Å²) < 4.78 is 11.6.